The Hall–Kier alpha value is -2.07. The molecular weight excluding hydrogens is 270 g/mol. The molecule has 2 aromatic carbocycles. The van der Waals surface area contributed by atoms with Crippen LogP contribution in [0.15, 0.2) is 53.9 Å². The maximum absolute atomic E-state index is 12.4. The second-order valence-electron chi connectivity index (χ2n) is 4.73. The smallest absolute Gasteiger partial charge is 0.182 e. The van der Waals surface area contributed by atoms with E-state index in [0.717, 1.165) is 11.1 Å². The maximum atomic E-state index is 12.4. The molecular formula is C16H17NO2S. The lowest BCUT2D eigenvalue weighted by atomic mass is 10.1. The molecule has 104 valence electrons. The highest BCUT2D eigenvalue weighted by atomic mass is 32.2. The highest BCUT2D eigenvalue weighted by molar-refractivity contribution is 7.90. The van der Waals surface area contributed by atoms with Crippen LogP contribution in [0.25, 0.3) is 6.08 Å². The van der Waals surface area contributed by atoms with Gasteiger partial charge in [0.15, 0.2) is 9.84 Å². The molecule has 0 aromatic heterocycles. The lowest BCUT2D eigenvalue weighted by Gasteiger charge is -2.09. The zero-order valence-corrected chi connectivity index (χ0v) is 12.2. The Morgan fingerprint density at radius 2 is 1.80 bits per heavy atom. The number of nitrogen functional groups attached to an aromatic ring is 1. The first-order valence-corrected chi connectivity index (χ1v) is 7.88. The minimum atomic E-state index is -3.36. The molecule has 0 bridgehead atoms. The molecule has 4 heteroatoms. The van der Waals surface area contributed by atoms with Gasteiger partial charge in [-0.25, -0.2) is 8.42 Å². The second-order valence-corrected chi connectivity index (χ2v) is 6.72. The van der Waals surface area contributed by atoms with Crippen LogP contribution in [0.1, 0.15) is 16.7 Å². The minimum absolute atomic E-state index is 0.0578. The molecule has 0 heterocycles. The molecule has 0 unspecified atom stereocenters. The van der Waals surface area contributed by atoms with Gasteiger partial charge in [0.1, 0.15) is 0 Å². The fourth-order valence-electron chi connectivity index (χ4n) is 1.97. The summed E-state index contributed by atoms with van der Waals surface area (Å²) >= 11 is 0. The molecule has 0 atom stereocenters. The van der Waals surface area contributed by atoms with E-state index < -0.39 is 9.84 Å². The van der Waals surface area contributed by atoms with Crippen LogP contribution in [0.5, 0.6) is 0 Å². The molecule has 2 aromatic rings. The summed E-state index contributed by atoms with van der Waals surface area (Å²) in [5.41, 5.74) is 8.78. The van der Waals surface area contributed by atoms with Crippen LogP contribution >= 0.6 is 0 Å². The summed E-state index contributed by atoms with van der Waals surface area (Å²) < 4.78 is 24.8. The highest BCUT2D eigenvalue weighted by Crippen LogP contribution is 2.21. The molecule has 0 radical (unpaired) electrons. The van der Waals surface area contributed by atoms with Crippen molar-refractivity contribution in [2.75, 3.05) is 5.73 Å². The van der Waals surface area contributed by atoms with Gasteiger partial charge in [-0.1, -0.05) is 36.4 Å². The Labute approximate surface area is 119 Å². The van der Waals surface area contributed by atoms with Crippen molar-refractivity contribution in [2.24, 2.45) is 0 Å². The molecule has 20 heavy (non-hydrogen) atoms. The van der Waals surface area contributed by atoms with Gasteiger partial charge in [0.25, 0.3) is 0 Å². The first kappa shape index (κ1) is 14.3. The monoisotopic (exact) mass is 287 g/mol. The van der Waals surface area contributed by atoms with E-state index in [4.69, 9.17) is 5.73 Å². The van der Waals surface area contributed by atoms with Gasteiger partial charge < -0.3 is 5.73 Å². The molecule has 3 nitrogen and oxygen atoms in total. The topological polar surface area (TPSA) is 60.2 Å². The van der Waals surface area contributed by atoms with Crippen LogP contribution < -0.4 is 5.73 Å². The minimum Gasteiger partial charge on any atom is -0.399 e. The molecule has 0 aliphatic carbocycles. The number of hydrogen-bond acceptors (Lipinski definition) is 3. The predicted octanol–water partition coefficient (Wildman–Crippen LogP) is 3.19. The number of aryl methyl sites for hydroxylation is 1. The van der Waals surface area contributed by atoms with Gasteiger partial charge in [-0.3, -0.25) is 0 Å². The van der Waals surface area contributed by atoms with Gasteiger partial charge >= 0.3 is 0 Å². The van der Waals surface area contributed by atoms with E-state index in [9.17, 15) is 8.42 Å². The molecule has 0 saturated carbocycles. The number of anilines is 1. The third-order valence-electron chi connectivity index (χ3n) is 3.12. The number of rotatable bonds is 4. The molecule has 0 aliphatic rings. The average Bonchev–Trinajstić information content (AvgIpc) is 2.41. The van der Waals surface area contributed by atoms with E-state index in [1.54, 1.807) is 48.5 Å². The van der Waals surface area contributed by atoms with E-state index in [-0.39, 0.29) is 5.75 Å². The van der Waals surface area contributed by atoms with Crippen LogP contribution in [-0.4, -0.2) is 8.42 Å². The Bertz CT molecular complexity index is 732. The number of hydrogen-bond donors (Lipinski definition) is 1. The Morgan fingerprint density at radius 3 is 2.40 bits per heavy atom. The second kappa shape index (κ2) is 5.51. The average molecular weight is 287 g/mol. The first-order valence-electron chi connectivity index (χ1n) is 6.22. The van der Waals surface area contributed by atoms with Crippen molar-refractivity contribution in [1.29, 1.82) is 0 Å². The summed E-state index contributed by atoms with van der Waals surface area (Å²) in [6.45, 7) is 5.62. The van der Waals surface area contributed by atoms with E-state index in [2.05, 4.69) is 6.58 Å². The van der Waals surface area contributed by atoms with Gasteiger partial charge in [0.05, 0.1) is 10.6 Å². The predicted molar refractivity (Wildman–Crippen MR) is 83.0 cm³/mol. The Morgan fingerprint density at radius 1 is 1.15 bits per heavy atom. The zero-order valence-electron chi connectivity index (χ0n) is 11.3. The van der Waals surface area contributed by atoms with E-state index in [1.165, 1.54) is 0 Å². The first-order chi connectivity index (χ1) is 9.42. The Kier molecular flexibility index (Phi) is 3.95. The quantitative estimate of drug-likeness (QED) is 0.878. The van der Waals surface area contributed by atoms with Crippen molar-refractivity contribution >= 4 is 21.6 Å². The summed E-state index contributed by atoms with van der Waals surface area (Å²) in [5.74, 6) is -0.0578. The molecule has 0 fully saturated rings. The van der Waals surface area contributed by atoms with Crippen molar-refractivity contribution in [2.45, 2.75) is 17.6 Å². The Balaban J connectivity index is 2.38. The SMILES string of the molecule is C=Cc1cc(N)ccc1CS(=O)(=O)c1ccc(C)cc1. The summed E-state index contributed by atoms with van der Waals surface area (Å²) in [4.78, 5) is 0.329. The number of benzene rings is 2. The van der Waals surface area contributed by atoms with Crippen LogP contribution in [0.4, 0.5) is 5.69 Å². The lowest BCUT2D eigenvalue weighted by Crippen LogP contribution is -2.06. The van der Waals surface area contributed by atoms with Crippen LogP contribution in [-0.2, 0) is 15.6 Å². The molecule has 0 spiro atoms. The van der Waals surface area contributed by atoms with Crippen LogP contribution in [0, 0.1) is 6.92 Å². The fourth-order valence-corrected chi connectivity index (χ4v) is 3.36. The van der Waals surface area contributed by atoms with Gasteiger partial charge in [-0.05, 0) is 42.3 Å². The zero-order chi connectivity index (χ0) is 14.8. The molecule has 0 saturated heterocycles. The highest BCUT2D eigenvalue weighted by Gasteiger charge is 2.16. The van der Waals surface area contributed by atoms with E-state index >= 15 is 0 Å². The standard InChI is InChI=1S/C16H17NO2S/c1-3-13-10-15(17)7-6-14(13)11-20(18,19)16-8-4-12(2)5-9-16/h3-10H,1,11,17H2,2H3. The van der Waals surface area contributed by atoms with Gasteiger partial charge in [-0.15, -0.1) is 0 Å². The summed E-state index contributed by atoms with van der Waals surface area (Å²) in [5, 5.41) is 0. The van der Waals surface area contributed by atoms with E-state index in [1.807, 2.05) is 6.92 Å². The maximum Gasteiger partial charge on any atom is 0.182 e. The van der Waals surface area contributed by atoms with E-state index in [0.29, 0.717) is 16.1 Å². The number of sulfone groups is 1. The summed E-state index contributed by atoms with van der Waals surface area (Å²) in [6, 6.07) is 12.0. The largest absolute Gasteiger partial charge is 0.399 e. The van der Waals surface area contributed by atoms with Crippen molar-refractivity contribution in [3.8, 4) is 0 Å². The van der Waals surface area contributed by atoms with Gasteiger partial charge in [0, 0.05) is 5.69 Å². The van der Waals surface area contributed by atoms with Crippen molar-refractivity contribution < 1.29 is 8.42 Å². The summed E-state index contributed by atoms with van der Waals surface area (Å²) in [6.07, 6.45) is 1.62. The van der Waals surface area contributed by atoms with Crippen molar-refractivity contribution in [3.63, 3.8) is 0 Å². The van der Waals surface area contributed by atoms with Crippen molar-refractivity contribution in [1.82, 2.24) is 0 Å². The lowest BCUT2D eigenvalue weighted by molar-refractivity contribution is 0.595. The van der Waals surface area contributed by atoms with Gasteiger partial charge in [-0.2, -0.15) is 0 Å². The molecule has 2 N–H and O–H groups in total. The number of nitrogens with two attached hydrogens (primary N) is 1. The van der Waals surface area contributed by atoms with Crippen LogP contribution in [0.3, 0.4) is 0 Å². The fraction of sp³-hybridized carbons (Fsp3) is 0.125. The van der Waals surface area contributed by atoms with Crippen LogP contribution in [0.2, 0.25) is 0 Å². The van der Waals surface area contributed by atoms with Crippen molar-refractivity contribution in [3.05, 3.63) is 65.7 Å². The normalized spacial score (nSPS) is 11.2. The third-order valence-corrected chi connectivity index (χ3v) is 4.80. The van der Waals surface area contributed by atoms with Gasteiger partial charge in [0.2, 0.25) is 0 Å². The third kappa shape index (κ3) is 3.08. The molecule has 0 aliphatic heterocycles. The molecule has 0 amide bonds. The summed E-state index contributed by atoms with van der Waals surface area (Å²) in [7, 11) is -3.36. The molecule has 2 rings (SSSR count).